The van der Waals surface area contributed by atoms with E-state index in [-0.39, 0.29) is 22.7 Å². The van der Waals surface area contributed by atoms with Gasteiger partial charge >= 0.3 is 0 Å². The second kappa shape index (κ2) is 5.93. The third-order valence-electron chi connectivity index (χ3n) is 8.46. The summed E-state index contributed by atoms with van der Waals surface area (Å²) in [6.07, 6.45) is 8.46. The van der Waals surface area contributed by atoms with Crippen molar-refractivity contribution >= 4 is 17.2 Å². The molecule has 4 rings (SSSR count). The first-order chi connectivity index (χ1) is 12.3. The second-order valence-electron chi connectivity index (χ2n) is 9.49. The first-order valence-corrected chi connectivity index (χ1v) is 9.98. The molecule has 0 aromatic rings. The summed E-state index contributed by atoms with van der Waals surface area (Å²) in [6, 6.07) is 0. The molecule has 142 valence electrons. The van der Waals surface area contributed by atoms with Gasteiger partial charge in [-0.1, -0.05) is 29.7 Å². The van der Waals surface area contributed by atoms with Gasteiger partial charge in [-0.2, -0.15) is 0 Å². The highest BCUT2D eigenvalue weighted by Crippen LogP contribution is 2.65. The molecule has 0 aromatic carbocycles. The van der Waals surface area contributed by atoms with Crippen LogP contribution in [0.1, 0.15) is 65.7 Å². The third-order valence-corrected chi connectivity index (χ3v) is 8.46. The van der Waals surface area contributed by atoms with Crippen LogP contribution in [0.5, 0.6) is 0 Å². The standard InChI is InChI=1S/C21H30N2O3/c1-12(22-25)16-6-7-17-15-5-4-13-10-14(23-26)8-9-20(13,2)19(15)18(24)11-21(16,17)3/h10,15-17,19,25-26H,4-9,11H2,1-3H3/b22-12-,23-14-/t15-,16+,17-,19+,20-,21+/m0/s1. The van der Waals surface area contributed by atoms with E-state index in [1.807, 2.05) is 13.0 Å². The summed E-state index contributed by atoms with van der Waals surface area (Å²) in [5.41, 5.74) is 2.68. The molecule has 3 fully saturated rings. The smallest absolute Gasteiger partial charge is 0.137 e. The van der Waals surface area contributed by atoms with Crippen LogP contribution in [0.3, 0.4) is 0 Å². The lowest BCUT2D eigenvalue weighted by Crippen LogP contribution is -2.55. The summed E-state index contributed by atoms with van der Waals surface area (Å²) < 4.78 is 0. The molecule has 0 heterocycles. The van der Waals surface area contributed by atoms with Crippen LogP contribution in [-0.4, -0.2) is 27.6 Å². The normalized spacial score (nSPS) is 47.2. The molecule has 0 aliphatic heterocycles. The van der Waals surface area contributed by atoms with Crippen molar-refractivity contribution in [3.63, 3.8) is 0 Å². The molecular formula is C21H30N2O3. The molecule has 2 N–H and O–H groups in total. The predicted octanol–water partition coefficient (Wildman–Crippen LogP) is 4.42. The zero-order valence-electron chi connectivity index (χ0n) is 16.0. The molecule has 0 spiro atoms. The van der Waals surface area contributed by atoms with Gasteiger partial charge in [0.1, 0.15) is 5.78 Å². The maximum atomic E-state index is 13.4. The highest BCUT2D eigenvalue weighted by atomic mass is 16.4. The summed E-state index contributed by atoms with van der Waals surface area (Å²) in [4.78, 5) is 13.4. The number of ketones is 1. The van der Waals surface area contributed by atoms with Crippen LogP contribution >= 0.6 is 0 Å². The number of allylic oxidation sites excluding steroid dienone is 2. The van der Waals surface area contributed by atoms with Crippen molar-refractivity contribution in [2.24, 2.45) is 44.8 Å². The second-order valence-corrected chi connectivity index (χ2v) is 9.49. The Morgan fingerprint density at radius 3 is 2.65 bits per heavy atom. The van der Waals surface area contributed by atoms with Crippen LogP contribution in [-0.2, 0) is 4.79 Å². The first-order valence-electron chi connectivity index (χ1n) is 9.98. The summed E-state index contributed by atoms with van der Waals surface area (Å²) in [7, 11) is 0. The molecule has 0 radical (unpaired) electrons. The van der Waals surface area contributed by atoms with E-state index in [1.54, 1.807) is 0 Å². The van der Waals surface area contributed by atoms with Crippen molar-refractivity contribution in [3.05, 3.63) is 11.6 Å². The first kappa shape index (κ1) is 17.7. The number of carbonyl (C=O) groups excluding carboxylic acids is 1. The zero-order valence-corrected chi connectivity index (χ0v) is 16.0. The molecule has 0 saturated heterocycles. The van der Waals surface area contributed by atoms with Crippen molar-refractivity contribution in [1.82, 2.24) is 0 Å². The number of carbonyl (C=O) groups is 1. The fraction of sp³-hybridized carbons (Fsp3) is 0.762. The Hall–Kier alpha value is -1.65. The average Bonchev–Trinajstić information content (AvgIpc) is 2.96. The van der Waals surface area contributed by atoms with Gasteiger partial charge in [0.15, 0.2) is 0 Å². The van der Waals surface area contributed by atoms with Crippen LogP contribution in [0.2, 0.25) is 0 Å². The number of hydrogen-bond acceptors (Lipinski definition) is 5. The molecule has 5 heteroatoms. The lowest BCUT2D eigenvalue weighted by molar-refractivity contribution is -0.144. The summed E-state index contributed by atoms with van der Waals surface area (Å²) in [5, 5.41) is 25.4. The summed E-state index contributed by atoms with van der Waals surface area (Å²) >= 11 is 0. The molecule has 3 saturated carbocycles. The largest absolute Gasteiger partial charge is 0.411 e. The summed E-state index contributed by atoms with van der Waals surface area (Å²) in [6.45, 7) is 6.41. The number of rotatable bonds is 1. The minimum absolute atomic E-state index is 0.0709. The van der Waals surface area contributed by atoms with Crippen LogP contribution < -0.4 is 0 Å². The molecular weight excluding hydrogens is 328 g/mol. The molecule has 26 heavy (non-hydrogen) atoms. The number of fused-ring (bicyclic) bond motifs is 5. The van der Waals surface area contributed by atoms with Crippen LogP contribution in [0.4, 0.5) is 0 Å². The Labute approximate surface area is 155 Å². The van der Waals surface area contributed by atoms with Crippen molar-refractivity contribution in [1.29, 1.82) is 0 Å². The molecule has 4 aliphatic rings. The number of Topliss-reactive ketones (excluding diaryl/α,β-unsaturated/α-hetero) is 1. The molecule has 5 nitrogen and oxygen atoms in total. The Balaban J connectivity index is 1.72. The van der Waals surface area contributed by atoms with Gasteiger partial charge in [0, 0.05) is 18.3 Å². The highest BCUT2D eigenvalue weighted by Gasteiger charge is 2.62. The van der Waals surface area contributed by atoms with E-state index < -0.39 is 0 Å². The maximum Gasteiger partial charge on any atom is 0.137 e. The number of nitrogens with zero attached hydrogens (tertiary/aromatic N) is 2. The van der Waals surface area contributed by atoms with Crippen LogP contribution in [0.25, 0.3) is 0 Å². The number of oxime groups is 2. The van der Waals surface area contributed by atoms with Crippen molar-refractivity contribution < 1.29 is 15.2 Å². The topological polar surface area (TPSA) is 82.2 Å². The Morgan fingerprint density at radius 2 is 1.96 bits per heavy atom. The van der Waals surface area contributed by atoms with E-state index in [0.717, 1.165) is 49.9 Å². The van der Waals surface area contributed by atoms with Gasteiger partial charge in [0.25, 0.3) is 0 Å². The molecule has 0 bridgehead atoms. The molecule has 0 unspecified atom stereocenters. The monoisotopic (exact) mass is 358 g/mol. The molecule has 4 aliphatic carbocycles. The molecule has 0 aromatic heterocycles. The van der Waals surface area contributed by atoms with Crippen molar-refractivity contribution in [2.45, 2.75) is 65.7 Å². The van der Waals surface area contributed by atoms with Gasteiger partial charge in [-0.15, -0.1) is 0 Å². The minimum Gasteiger partial charge on any atom is -0.411 e. The van der Waals surface area contributed by atoms with Gasteiger partial charge in [-0.3, -0.25) is 4.79 Å². The fourth-order valence-electron chi connectivity index (χ4n) is 7.23. The van der Waals surface area contributed by atoms with Crippen molar-refractivity contribution in [2.75, 3.05) is 0 Å². The average molecular weight is 358 g/mol. The third kappa shape index (κ3) is 2.25. The SMILES string of the molecule is C/C(=N/O)[C@H]1CC[C@H]2[C@@H]3CCC4=C/C(=N\O)CC[C@]4(C)[C@H]3C(=O)C[C@]12C. The van der Waals surface area contributed by atoms with Gasteiger partial charge < -0.3 is 10.4 Å². The number of hydrogen-bond donors (Lipinski definition) is 2. The molecule has 6 atom stereocenters. The highest BCUT2D eigenvalue weighted by molar-refractivity contribution is 5.97. The van der Waals surface area contributed by atoms with E-state index in [4.69, 9.17) is 5.21 Å². The lowest BCUT2D eigenvalue weighted by atomic mass is 9.46. The molecule has 0 amide bonds. The van der Waals surface area contributed by atoms with E-state index in [0.29, 0.717) is 24.0 Å². The maximum absolute atomic E-state index is 13.4. The van der Waals surface area contributed by atoms with Gasteiger partial charge in [-0.25, -0.2) is 0 Å². The predicted molar refractivity (Wildman–Crippen MR) is 99.7 cm³/mol. The Bertz CT molecular complexity index is 725. The van der Waals surface area contributed by atoms with E-state index in [1.165, 1.54) is 5.57 Å². The Morgan fingerprint density at radius 1 is 1.19 bits per heavy atom. The van der Waals surface area contributed by atoms with Gasteiger partial charge in [0.05, 0.1) is 11.4 Å². The van der Waals surface area contributed by atoms with Crippen LogP contribution in [0.15, 0.2) is 22.0 Å². The van der Waals surface area contributed by atoms with Crippen molar-refractivity contribution in [3.8, 4) is 0 Å². The van der Waals surface area contributed by atoms with Gasteiger partial charge in [0.2, 0.25) is 0 Å². The van der Waals surface area contributed by atoms with E-state index in [9.17, 15) is 10.0 Å². The van der Waals surface area contributed by atoms with Gasteiger partial charge in [-0.05, 0) is 74.2 Å². The van der Waals surface area contributed by atoms with Crippen LogP contribution in [0, 0.1) is 34.5 Å². The van der Waals surface area contributed by atoms with E-state index >= 15 is 0 Å². The Kier molecular flexibility index (Phi) is 4.05. The fourth-order valence-corrected chi connectivity index (χ4v) is 7.23. The quantitative estimate of drug-likeness (QED) is 0.413. The zero-order chi connectivity index (χ0) is 18.7. The minimum atomic E-state index is -0.0896. The summed E-state index contributed by atoms with van der Waals surface area (Å²) in [5.74, 6) is 1.65. The van der Waals surface area contributed by atoms with E-state index in [2.05, 4.69) is 24.2 Å². The lowest BCUT2D eigenvalue weighted by Gasteiger charge is -2.57.